The predicted molar refractivity (Wildman–Crippen MR) is 110 cm³/mol. The molecule has 158 valence electrons. The molecular weight excluding hydrogens is 385 g/mol. The van der Waals surface area contributed by atoms with Crippen LogP contribution in [0.1, 0.15) is 33.1 Å². The lowest BCUT2D eigenvalue weighted by atomic mass is 10.1. The monoisotopic (exact) mass is 411 g/mol. The molecule has 4 rings (SSSR count). The third-order valence-electron chi connectivity index (χ3n) is 5.87. The summed E-state index contributed by atoms with van der Waals surface area (Å²) in [5, 5.41) is 12.7. The SMILES string of the molecule is Cc1nn(C)c(C)c1CN1CCN(C(=O)c2nnn(-c3ccc(F)cc3)c2C)CC1. The van der Waals surface area contributed by atoms with Crippen LogP contribution in [0.2, 0.25) is 0 Å². The quantitative estimate of drug-likeness (QED) is 0.657. The van der Waals surface area contributed by atoms with Crippen molar-refractivity contribution in [3.63, 3.8) is 0 Å². The maximum atomic E-state index is 13.2. The second-order valence-corrected chi connectivity index (χ2v) is 7.75. The molecule has 1 aliphatic heterocycles. The molecule has 1 aromatic carbocycles. The highest BCUT2D eigenvalue weighted by atomic mass is 19.1. The van der Waals surface area contributed by atoms with Crippen molar-refractivity contribution >= 4 is 5.91 Å². The molecule has 1 saturated heterocycles. The van der Waals surface area contributed by atoms with Gasteiger partial charge in [0.05, 0.1) is 17.1 Å². The minimum atomic E-state index is -0.317. The molecule has 0 saturated carbocycles. The molecular formula is C21H26FN7O. The van der Waals surface area contributed by atoms with Crippen molar-refractivity contribution in [1.82, 2.24) is 34.6 Å². The van der Waals surface area contributed by atoms with E-state index in [0.717, 1.165) is 25.3 Å². The van der Waals surface area contributed by atoms with Crippen molar-refractivity contribution < 1.29 is 9.18 Å². The average molecular weight is 411 g/mol. The highest BCUT2D eigenvalue weighted by Crippen LogP contribution is 2.18. The van der Waals surface area contributed by atoms with Gasteiger partial charge in [-0.25, -0.2) is 9.07 Å². The minimum Gasteiger partial charge on any atom is -0.335 e. The van der Waals surface area contributed by atoms with Crippen LogP contribution >= 0.6 is 0 Å². The Bertz CT molecular complexity index is 1060. The largest absolute Gasteiger partial charge is 0.335 e. The van der Waals surface area contributed by atoms with Gasteiger partial charge in [-0.1, -0.05) is 5.21 Å². The molecule has 3 heterocycles. The number of hydrogen-bond acceptors (Lipinski definition) is 5. The van der Waals surface area contributed by atoms with E-state index >= 15 is 0 Å². The summed E-state index contributed by atoms with van der Waals surface area (Å²) in [7, 11) is 1.96. The van der Waals surface area contributed by atoms with Crippen LogP contribution in [0.25, 0.3) is 5.69 Å². The number of aryl methyl sites for hydroxylation is 2. The van der Waals surface area contributed by atoms with Crippen molar-refractivity contribution in [3.05, 3.63) is 58.4 Å². The Balaban J connectivity index is 1.42. The van der Waals surface area contributed by atoms with Gasteiger partial charge < -0.3 is 4.90 Å². The zero-order valence-corrected chi connectivity index (χ0v) is 17.8. The Hall–Kier alpha value is -3.07. The number of aromatic nitrogens is 5. The van der Waals surface area contributed by atoms with Gasteiger partial charge in [0, 0.05) is 51.0 Å². The van der Waals surface area contributed by atoms with E-state index in [0.29, 0.717) is 30.2 Å². The standard InChI is InChI=1S/C21H26FN7O/c1-14-19(15(2)26(4)24-14)13-27-9-11-28(12-10-27)21(30)20-16(3)29(25-23-20)18-7-5-17(22)6-8-18/h5-8H,9-13H2,1-4H3. The number of carbonyl (C=O) groups is 1. The Morgan fingerprint density at radius 1 is 1.03 bits per heavy atom. The molecule has 0 aliphatic carbocycles. The van der Waals surface area contributed by atoms with Crippen LogP contribution < -0.4 is 0 Å². The summed E-state index contributed by atoms with van der Waals surface area (Å²) in [5.74, 6) is -0.434. The van der Waals surface area contributed by atoms with Gasteiger partial charge in [-0.15, -0.1) is 5.10 Å². The first-order valence-corrected chi connectivity index (χ1v) is 10.0. The minimum absolute atomic E-state index is 0.116. The molecule has 2 aromatic heterocycles. The number of halogens is 1. The van der Waals surface area contributed by atoms with Crippen LogP contribution in [0, 0.1) is 26.6 Å². The van der Waals surface area contributed by atoms with Gasteiger partial charge in [0.2, 0.25) is 0 Å². The Labute approximate surface area is 174 Å². The topological polar surface area (TPSA) is 72.1 Å². The van der Waals surface area contributed by atoms with E-state index in [1.54, 1.807) is 23.7 Å². The van der Waals surface area contributed by atoms with Gasteiger partial charge in [0.15, 0.2) is 5.69 Å². The van der Waals surface area contributed by atoms with Crippen molar-refractivity contribution in [1.29, 1.82) is 0 Å². The summed E-state index contributed by atoms with van der Waals surface area (Å²) in [4.78, 5) is 17.2. The fourth-order valence-electron chi connectivity index (χ4n) is 3.88. The van der Waals surface area contributed by atoms with Gasteiger partial charge >= 0.3 is 0 Å². The Morgan fingerprint density at radius 3 is 2.30 bits per heavy atom. The molecule has 8 nitrogen and oxygen atoms in total. The molecule has 1 aliphatic rings. The summed E-state index contributed by atoms with van der Waals surface area (Å²) < 4.78 is 16.7. The normalized spacial score (nSPS) is 15.0. The first-order chi connectivity index (χ1) is 14.3. The Kier molecular flexibility index (Phi) is 5.38. The maximum Gasteiger partial charge on any atom is 0.276 e. The summed E-state index contributed by atoms with van der Waals surface area (Å²) in [6, 6.07) is 5.96. The van der Waals surface area contributed by atoms with Gasteiger partial charge in [-0.2, -0.15) is 5.10 Å². The molecule has 9 heteroatoms. The van der Waals surface area contributed by atoms with E-state index < -0.39 is 0 Å². The number of amides is 1. The zero-order chi connectivity index (χ0) is 21.4. The van der Waals surface area contributed by atoms with E-state index in [9.17, 15) is 9.18 Å². The zero-order valence-electron chi connectivity index (χ0n) is 17.8. The van der Waals surface area contributed by atoms with E-state index in [1.165, 1.54) is 23.4 Å². The molecule has 0 N–H and O–H groups in total. The van der Waals surface area contributed by atoms with Gasteiger partial charge in [0.25, 0.3) is 5.91 Å². The molecule has 0 radical (unpaired) electrons. The third-order valence-corrected chi connectivity index (χ3v) is 5.87. The Morgan fingerprint density at radius 2 is 1.70 bits per heavy atom. The average Bonchev–Trinajstić information content (AvgIpc) is 3.23. The van der Waals surface area contributed by atoms with Crippen LogP contribution in [0.4, 0.5) is 4.39 Å². The lowest BCUT2D eigenvalue weighted by Crippen LogP contribution is -2.48. The van der Waals surface area contributed by atoms with E-state index in [1.807, 2.05) is 23.6 Å². The summed E-state index contributed by atoms with van der Waals surface area (Å²) in [6.07, 6.45) is 0. The van der Waals surface area contributed by atoms with Crippen LogP contribution in [-0.2, 0) is 13.6 Å². The van der Waals surface area contributed by atoms with Crippen molar-refractivity contribution in [2.75, 3.05) is 26.2 Å². The fourth-order valence-corrected chi connectivity index (χ4v) is 3.88. The van der Waals surface area contributed by atoms with Gasteiger partial charge in [-0.3, -0.25) is 14.4 Å². The molecule has 3 aromatic rings. The molecule has 0 atom stereocenters. The predicted octanol–water partition coefficient (Wildman–Crippen LogP) is 2.02. The van der Waals surface area contributed by atoms with E-state index in [2.05, 4.69) is 27.2 Å². The summed E-state index contributed by atoms with van der Waals surface area (Å²) >= 11 is 0. The van der Waals surface area contributed by atoms with Crippen molar-refractivity contribution in [2.45, 2.75) is 27.3 Å². The maximum absolute atomic E-state index is 13.2. The van der Waals surface area contributed by atoms with Crippen LogP contribution in [0.3, 0.4) is 0 Å². The highest BCUT2D eigenvalue weighted by molar-refractivity contribution is 5.93. The molecule has 0 bridgehead atoms. The van der Waals surface area contributed by atoms with Crippen molar-refractivity contribution in [2.24, 2.45) is 7.05 Å². The molecule has 1 fully saturated rings. The highest BCUT2D eigenvalue weighted by Gasteiger charge is 2.27. The van der Waals surface area contributed by atoms with Crippen LogP contribution in [0.5, 0.6) is 0 Å². The van der Waals surface area contributed by atoms with Crippen molar-refractivity contribution in [3.8, 4) is 5.69 Å². The van der Waals surface area contributed by atoms with Crippen LogP contribution in [-0.4, -0.2) is 66.7 Å². The van der Waals surface area contributed by atoms with E-state index in [4.69, 9.17) is 0 Å². The molecule has 0 unspecified atom stereocenters. The lowest BCUT2D eigenvalue weighted by Gasteiger charge is -2.34. The smallest absolute Gasteiger partial charge is 0.276 e. The number of nitrogens with zero attached hydrogens (tertiary/aromatic N) is 7. The fraction of sp³-hybridized carbons (Fsp3) is 0.429. The first kappa shape index (κ1) is 20.2. The van der Waals surface area contributed by atoms with Crippen LogP contribution in [0.15, 0.2) is 24.3 Å². The number of hydrogen-bond donors (Lipinski definition) is 0. The number of piperazine rings is 1. The van der Waals surface area contributed by atoms with E-state index in [-0.39, 0.29) is 11.7 Å². The van der Waals surface area contributed by atoms with Gasteiger partial charge in [-0.05, 0) is 45.0 Å². The van der Waals surface area contributed by atoms with Gasteiger partial charge in [0.1, 0.15) is 5.82 Å². The number of benzene rings is 1. The first-order valence-electron chi connectivity index (χ1n) is 10.0. The molecule has 1 amide bonds. The molecule has 30 heavy (non-hydrogen) atoms. The third kappa shape index (κ3) is 3.72. The second-order valence-electron chi connectivity index (χ2n) is 7.75. The number of rotatable bonds is 4. The molecule has 0 spiro atoms. The second kappa shape index (κ2) is 7.98. The summed E-state index contributed by atoms with van der Waals surface area (Å²) in [6.45, 7) is 9.64. The lowest BCUT2D eigenvalue weighted by molar-refractivity contribution is 0.0621. The summed E-state index contributed by atoms with van der Waals surface area (Å²) in [5.41, 5.74) is 5.16. The number of carbonyl (C=O) groups excluding carboxylic acids is 1.